The van der Waals surface area contributed by atoms with E-state index < -0.39 is 17.0 Å². The second kappa shape index (κ2) is 12.3. The summed E-state index contributed by atoms with van der Waals surface area (Å²) in [6.45, 7) is 9.77. The Morgan fingerprint density at radius 2 is 2.00 bits per heavy atom. The molecular weight excluding hydrogens is 614 g/mol. The molecule has 0 saturated carbocycles. The second-order valence-corrected chi connectivity index (χ2v) is 14.3. The number of carbonyl (C=O) groups is 1. The van der Waals surface area contributed by atoms with Gasteiger partial charge in [0.15, 0.2) is 11.0 Å². The van der Waals surface area contributed by atoms with Crippen LogP contribution in [-0.2, 0) is 14.2 Å². The van der Waals surface area contributed by atoms with Gasteiger partial charge in [0.1, 0.15) is 16.9 Å². The summed E-state index contributed by atoms with van der Waals surface area (Å²) in [4.78, 5) is 32.3. The van der Waals surface area contributed by atoms with E-state index in [0.29, 0.717) is 57.0 Å². The number of hydrogen-bond donors (Lipinski definition) is 1. The monoisotopic (exact) mass is 654 g/mol. The normalized spacial score (nSPS) is 28.7. The zero-order chi connectivity index (χ0) is 31.3. The van der Waals surface area contributed by atoms with Gasteiger partial charge in [0.05, 0.1) is 36.3 Å². The molecule has 2 bridgehead atoms. The minimum atomic E-state index is -0.755. The molecule has 4 atom stereocenters. The van der Waals surface area contributed by atoms with Crippen molar-refractivity contribution in [2.24, 2.45) is 0 Å². The lowest BCUT2D eigenvalue weighted by Crippen LogP contribution is -2.66. The van der Waals surface area contributed by atoms with Gasteiger partial charge in [-0.15, -0.1) is 0 Å². The van der Waals surface area contributed by atoms with Crippen LogP contribution < -0.4 is 4.90 Å². The van der Waals surface area contributed by atoms with Gasteiger partial charge in [-0.1, -0.05) is 11.6 Å². The van der Waals surface area contributed by atoms with Crippen LogP contribution in [0.15, 0.2) is 6.20 Å². The smallest absolute Gasteiger partial charge is 0.411 e. The van der Waals surface area contributed by atoms with Crippen molar-refractivity contribution in [2.45, 2.75) is 88.1 Å². The Bertz CT molecular complexity index is 1400. The maximum atomic E-state index is 14.9. The van der Waals surface area contributed by atoms with E-state index in [0.717, 1.165) is 38.8 Å². The summed E-state index contributed by atoms with van der Waals surface area (Å²) in [6.07, 6.45) is 6.38. The molecule has 6 heterocycles. The first-order valence-electron chi connectivity index (χ1n) is 15.4. The van der Waals surface area contributed by atoms with Crippen LogP contribution in [-0.4, -0.2) is 117 Å². The highest BCUT2D eigenvalue weighted by Gasteiger charge is 2.55. The number of amides is 1. The number of aliphatic hydroxyl groups excluding tert-OH is 1. The molecule has 242 valence electrons. The van der Waals surface area contributed by atoms with E-state index in [1.54, 1.807) is 0 Å². The van der Waals surface area contributed by atoms with E-state index in [1.807, 2.05) is 30.6 Å². The lowest BCUT2D eigenvalue weighted by atomic mass is 9.94. The summed E-state index contributed by atoms with van der Waals surface area (Å²) in [7, 11) is 0. The van der Waals surface area contributed by atoms with Crippen molar-refractivity contribution in [3.63, 3.8) is 0 Å². The first-order valence-corrected chi connectivity index (χ1v) is 16.2. The van der Waals surface area contributed by atoms with Gasteiger partial charge in [-0.05, 0) is 77.4 Å². The number of ether oxygens (including phenoxy) is 3. The number of pyridine rings is 1. The summed E-state index contributed by atoms with van der Waals surface area (Å²) in [5, 5.41) is 9.97. The fraction of sp³-hybridized carbons (Fsp3) is 0.733. The van der Waals surface area contributed by atoms with E-state index in [4.69, 9.17) is 37.4 Å². The fourth-order valence-corrected chi connectivity index (χ4v) is 7.89. The maximum absolute atomic E-state index is 14.9. The standard InChI is InChI=1S/C30H41Cl2FN6O5/c1-28(2,3)44-27(41)39-19-6-8-30(39,18-42-10-5-11-43-20-12-29(17-40)7-4-9-38(29)15-20)16-37(14-19)25-21-13-34-24(31)22(33)23(21)35-26(32)36-25/h13,19-20,40H,4-12,14-18H2,1-3H3. The Morgan fingerprint density at radius 1 is 1.18 bits per heavy atom. The van der Waals surface area contributed by atoms with Crippen LogP contribution >= 0.6 is 23.2 Å². The van der Waals surface area contributed by atoms with Gasteiger partial charge < -0.3 is 24.2 Å². The highest BCUT2D eigenvalue weighted by atomic mass is 35.5. The van der Waals surface area contributed by atoms with Gasteiger partial charge in [-0.2, -0.15) is 4.98 Å². The number of fused-ring (bicyclic) bond motifs is 4. The number of rotatable bonds is 9. The summed E-state index contributed by atoms with van der Waals surface area (Å²) in [6, 6.07) is -0.171. The van der Waals surface area contributed by atoms with Crippen LogP contribution in [0, 0.1) is 5.82 Å². The maximum Gasteiger partial charge on any atom is 0.411 e. The third kappa shape index (κ3) is 6.05. The minimum absolute atomic E-state index is 0.000167. The van der Waals surface area contributed by atoms with Gasteiger partial charge >= 0.3 is 6.09 Å². The van der Waals surface area contributed by atoms with Crippen molar-refractivity contribution >= 4 is 46.0 Å². The summed E-state index contributed by atoms with van der Waals surface area (Å²) < 4.78 is 33.2. The van der Waals surface area contributed by atoms with Crippen LogP contribution in [0.2, 0.25) is 10.4 Å². The molecule has 4 unspecified atom stereocenters. The lowest BCUT2D eigenvalue weighted by molar-refractivity contribution is -0.0373. The van der Waals surface area contributed by atoms with Gasteiger partial charge in [-0.25, -0.2) is 19.2 Å². The van der Waals surface area contributed by atoms with Gasteiger partial charge in [0.25, 0.3) is 0 Å². The molecule has 4 saturated heterocycles. The summed E-state index contributed by atoms with van der Waals surface area (Å²) >= 11 is 12.2. The van der Waals surface area contributed by atoms with Gasteiger partial charge in [0, 0.05) is 44.6 Å². The molecule has 11 nitrogen and oxygen atoms in total. The Hall–Kier alpha value is -2.09. The molecule has 6 rings (SSSR count). The predicted molar refractivity (Wildman–Crippen MR) is 164 cm³/mol. The molecular formula is C30H41Cl2FN6O5. The molecule has 0 aromatic carbocycles. The second-order valence-electron chi connectivity index (χ2n) is 13.6. The number of anilines is 1. The number of halogens is 3. The Balaban J connectivity index is 1.15. The van der Waals surface area contributed by atoms with E-state index in [-0.39, 0.29) is 46.3 Å². The molecule has 4 aliphatic rings. The predicted octanol–water partition coefficient (Wildman–Crippen LogP) is 4.45. The molecule has 0 aliphatic carbocycles. The van der Waals surface area contributed by atoms with Crippen LogP contribution in [0.5, 0.6) is 0 Å². The molecule has 44 heavy (non-hydrogen) atoms. The van der Waals surface area contributed by atoms with Crippen molar-refractivity contribution in [3.05, 3.63) is 22.5 Å². The molecule has 2 aromatic rings. The zero-order valence-corrected chi connectivity index (χ0v) is 27.0. The Kier molecular flexibility index (Phi) is 8.88. The highest BCUT2D eigenvalue weighted by molar-refractivity contribution is 6.30. The third-order valence-corrected chi connectivity index (χ3v) is 9.88. The largest absolute Gasteiger partial charge is 0.444 e. The average molecular weight is 656 g/mol. The first kappa shape index (κ1) is 31.9. The van der Waals surface area contributed by atoms with Crippen molar-refractivity contribution < 1.29 is 28.5 Å². The van der Waals surface area contributed by atoms with Crippen molar-refractivity contribution in [1.82, 2.24) is 24.8 Å². The lowest BCUT2D eigenvalue weighted by Gasteiger charge is -2.49. The number of piperazine rings is 1. The number of hydrogen-bond acceptors (Lipinski definition) is 10. The zero-order valence-electron chi connectivity index (χ0n) is 25.5. The minimum Gasteiger partial charge on any atom is -0.444 e. The summed E-state index contributed by atoms with van der Waals surface area (Å²) in [5.74, 6) is -0.316. The SMILES string of the molecule is CC(C)(C)OC(=O)N1C2CCC1(COCCCOC1CN3CCCC3(CO)C1)CN(c1nc(Cl)nc3c(F)c(Cl)ncc13)C2. The van der Waals surface area contributed by atoms with Crippen LogP contribution in [0.4, 0.5) is 15.0 Å². The Morgan fingerprint density at radius 3 is 2.75 bits per heavy atom. The number of carbonyl (C=O) groups excluding carboxylic acids is 1. The molecule has 0 spiro atoms. The van der Waals surface area contributed by atoms with Crippen molar-refractivity contribution in [2.75, 3.05) is 57.5 Å². The molecule has 1 N–H and O–H groups in total. The highest BCUT2D eigenvalue weighted by Crippen LogP contribution is 2.43. The molecule has 4 aliphatic heterocycles. The van der Waals surface area contributed by atoms with Crippen LogP contribution in [0.25, 0.3) is 10.9 Å². The molecule has 2 aromatic heterocycles. The van der Waals surface area contributed by atoms with Crippen molar-refractivity contribution in [3.8, 4) is 0 Å². The van der Waals surface area contributed by atoms with Gasteiger partial charge in [-0.3, -0.25) is 9.80 Å². The molecule has 4 fully saturated rings. The molecule has 0 radical (unpaired) electrons. The third-order valence-electron chi connectivity index (χ3n) is 9.44. The van der Waals surface area contributed by atoms with Crippen LogP contribution in [0.1, 0.15) is 59.3 Å². The molecule has 1 amide bonds. The summed E-state index contributed by atoms with van der Waals surface area (Å²) in [5.41, 5.74) is -1.46. The van der Waals surface area contributed by atoms with E-state index >= 15 is 0 Å². The Labute approximate surface area is 266 Å². The number of nitrogens with zero attached hydrogens (tertiary/aromatic N) is 6. The van der Waals surface area contributed by atoms with Crippen LogP contribution in [0.3, 0.4) is 0 Å². The quantitative estimate of drug-likeness (QED) is 0.236. The van der Waals surface area contributed by atoms with Crippen molar-refractivity contribution in [1.29, 1.82) is 0 Å². The number of aromatic nitrogens is 3. The fourth-order valence-electron chi connectivity index (χ4n) is 7.58. The topological polar surface area (TPSA) is 113 Å². The number of aliphatic hydroxyl groups is 1. The first-order chi connectivity index (χ1) is 20.9. The van der Waals surface area contributed by atoms with E-state index in [9.17, 15) is 14.3 Å². The average Bonchev–Trinajstić information content (AvgIpc) is 3.58. The van der Waals surface area contributed by atoms with E-state index in [2.05, 4.69) is 19.9 Å². The van der Waals surface area contributed by atoms with E-state index in [1.165, 1.54) is 6.20 Å². The van der Waals surface area contributed by atoms with Gasteiger partial charge in [0.2, 0.25) is 5.28 Å². The molecule has 14 heteroatoms.